The Morgan fingerprint density at radius 3 is 2.50 bits per heavy atom. The summed E-state index contributed by atoms with van der Waals surface area (Å²) >= 11 is 1.78. The largest absolute Gasteiger partial charge is 0.379 e. The third kappa shape index (κ3) is 5.47. The number of carbonyl (C=O) groups excluding carboxylic acids is 2. The lowest BCUT2D eigenvalue weighted by atomic mass is 9.91. The number of hydrogen-bond donors (Lipinski definition) is 4. The van der Waals surface area contributed by atoms with Crippen LogP contribution in [0.5, 0.6) is 0 Å². The lowest BCUT2D eigenvalue weighted by Crippen LogP contribution is -2.46. The summed E-state index contributed by atoms with van der Waals surface area (Å²) in [6, 6.07) is 4.11. The lowest BCUT2D eigenvalue weighted by Gasteiger charge is -2.31. The van der Waals surface area contributed by atoms with Gasteiger partial charge in [-0.2, -0.15) is 0 Å². The average molecular weight is 540 g/mol. The summed E-state index contributed by atoms with van der Waals surface area (Å²) in [4.78, 5) is 35.5. The summed E-state index contributed by atoms with van der Waals surface area (Å²) in [7, 11) is 0. The molecule has 3 aromatic rings. The molecule has 38 heavy (non-hydrogen) atoms. The van der Waals surface area contributed by atoms with E-state index in [1.165, 1.54) is 23.0 Å². The summed E-state index contributed by atoms with van der Waals surface area (Å²) in [5, 5.41) is 17.5. The molecule has 11 nitrogen and oxygen atoms in total. The fraction of sp³-hybridized carbons (Fsp3) is 0.480. The number of pyridine rings is 1. The fourth-order valence-electron chi connectivity index (χ4n) is 4.84. The lowest BCUT2D eigenvalue weighted by molar-refractivity contribution is 0.102. The molecule has 0 unspecified atom stereocenters. The minimum absolute atomic E-state index is 0.0341. The zero-order valence-corrected chi connectivity index (χ0v) is 21.6. The number of fused-ring (bicyclic) bond motifs is 1. The van der Waals surface area contributed by atoms with Crippen LogP contribution in [0, 0.1) is 5.82 Å². The zero-order valence-electron chi connectivity index (χ0n) is 20.8. The monoisotopic (exact) mass is 539 g/mol. The van der Waals surface area contributed by atoms with Crippen molar-refractivity contribution in [1.29, 1.82) is 0 Å². The van der Waals surface area contributed by atoms with Crippen LogP contribution in [0.2, 0.25) is 0 Å². The number of halogens is 1. The molecule has 0 bridgehead atoms. The zero-order chi connectivity index (χ0) is 26.1. The predicted octanol–water partition coefficient (Wildman–Crippen LogP) is 3.53. The van der Waals surface area contributed by atoms with Crippen molar-refractivity contribution >= 4 is 46.5 Å². The van der Waals surface area contributed by atoms with Crippen LogP contribution in [0.25, 0.3) is 5.65 Å². The number of nitrogens with zero attached hydrogens (tertiary/aromatic N) is 5. The summed E-state index contributed by atoms with van der Waals surface area (Å²) in [5.41, 5.74) is 1.57. The van der Waals surface area contributed by atoms with Gasteiger partial charge in [0.2, 0.25) is 0 Å². The number of rotatable bonds is 7. The first kappa shape index (κ1) is 24.7. The molecule has 0 radical (unpaired) electrons. The van der Waals surface area contributed by atoms with Gasteiger partial charge in [-0.25, -0.2) is 18.7 Å². The molecule has 4 heterocycles. The number of aromatic nitrogens is 4. The Morgan fingerprint density at radius 2 is 1.76 bits per heavy atom. The van der Waals surface area contributed by atoms with E-state index in [1.807, 2.05) is 11.0 Å². The van der Waals surface area contributed by atoms with E-state index in [-0.39, 0.29) is 29.5 Å². The van der Waals surface area contributed by atoms with E-state index in [2.05, 4.69) is 36.3 Å². The molecule has 3 aromatic heterocycles. The molecule has 3 aliphatic rings. The van der Waals surface area contributed by atoms with E-state index in [1.54, 1.807) is 11.8 Å². The van der Waals surface area contributed by atoms with Crippen molar-refractivity contribution in [2.75, 3.05) is 34.1 Å². The van der Waals surface area contributed by atoms with Crippen LogP contribution in [0.1, 0.15) is 49.0 Å². The average Bonchev–Trinajstić information content (AvgIpc) is 3.37. The van der Waals surface area contributed by atoms with Crippen LogP contribution in [0.4, 0.5) is 26.4 Å². The molecule has 3 fully saturated rings. The second kappa shape index (κ2) is 10.6. The maximum atomic E-state index is 14.1. The van der Waals surface area contributed by atoms with Crippen molar-refractivity contribution in [2.45, 2.75) is 56.7 Å². The highest BCUT2D eigenvalue weighted by Gasteiger charge is 2.27. The Kier molecular flexibility index (Phi) is 6.92. The van der Waals surface area contributed by atoms with Gasteiger partial charge in [0.15, 0.2) is 17.2 Å². The van der Waals surface area contributed by atoms with Gasteiger partial charge in [0.05, 0.1) is 29.6 Å². The molecule has 13 heteroatoms. The third-order valence-corrected chi connectivity index (χ3v) is 8.07. The molecule has 3 amide bonds. The summed E-state index contributed by atoms with van der Waals surface area (Å²) in [6.07, 6.45) is 9.63. The van der Waals surface area contributed by atoms with Crippen molar-refractivity contribution in [1.82, 2.24) is 29.8 Å². The van der Waals surface area contributed by atoms with Gasteiger partial charge in [0.1, 0.15) is 5.82 Å². The van der Waals surface area contributed by atoms with Crippen LogP contribution in [0.3, 0.4) is 0 Å². The predicted molar refractivity (Wildman–Crippen MR) is 144 cm³/mol. The standard InChI is InChI=1S/C25H30FN9O2S/c26-18-12-27-8-7-19(18)32-24(36)21-13-28-23-20(29-15-1-2-15)11-22(33-35(21)23)30-16-3-5-17(6-4-16)31-25(37)34-9-10-38-14-34/h7-8,11-13,15-17,29H,1-6,9-10,14H2,(H,30,33)(H,31,37)(H,27,32,36). The van der Waals surface area contributed by atoms with Crippen molar-refractivity contribution in [3.8, 4) is 0 Å². The van der Waals surface area contributed by atoms with Crippen LogP contribution >= 0.6 is 11.8 Å². The molecule has 6 rings (SSSR count). The Balaban J connectivity index is 1.16. The number of imidazole rings is 1. The minimum atomic E-state index is -0.618. The molecule has 0 aromatic carbocycles. The van der Waals surface area contributed by atoms with E-state index in [4.69, 9.17) is 0 Å². The molecule has 2 saturated carbocycles. The topological polar surface area (TPSA) is 129 Å². The van der Waals surface area contributed by atoms with Gasteiger partial charge in [0.25, 0.3) is 5.91 Å². The van der Waals surface area contributed by atoms with Crippen LogP contribution in [-0.2, 0) is 0 Å². The van der Waals surface area contributed by atoms with E-state index < -0.39 is 11.7 Å². The smallest absolute Gasteiger partial charge is 0.318 e. The van der Waals surface area contributed by atoms with Crippen LogP contribution in [0.15, 0.2) is 30.7 Å². The molecule has 1 saturated heterocycles. The van der Waals surface area contributed by atoms with Gasteiger partial charge in [-0.15, -0.1) is 16.9 Å². The van der Waals surface area contributed by atoms with Gasteiger partial charge >= 0.3 is 6.03 Å². The molecule has 200 valence electrons. The van der Waals surface area contributed by atoms with Gasteiger partial charge in [-0.3, -0.25) is 9.78 Å². The molecule has 0 atom stereocenters. The van der Waals surface area contributed by atoms with Gasteiger partial charge in [-0.1, -0.05) is 0 Å². The Hall–Kier alpha value is -3.61. The van der Waals surface area contributed by atoms with Gasteiger partial charge in [0, 0.05) is 42.7 Å². The van der Waals surface area contributed by atoms with Crippen molar-refractivity contribution in [3.63, 3.8) is 0 Å². The first-order valence-corrected chi connectivity index (χ1v) is 14.1. The highest BCUT2D eigenvalue weighted by Crippen LogP contribution is 2.30. The summed E-state index contributed by atoms with van der Waals surface area (Å²) < 4.78 is 15.6. The quantitative estimate of drug-likeness (QED) is 0.359. The van der Waals surface area contributed by atoms with Gasteiger partial charge in [-0.05, 0) is 44.6 Å². The van der Waals surface area contributed by atoms with Crippen LogP contribution < -0.4 is 21.3 Å². The van der Waals surface area contributed by atoms with Crippen molar-refractivity contribution < 1.29 is 14.0 Å². The van der Waals surface area contributed by atoms with E-state index in [9.17, 15) is 14.0 Å². The van der Waals surface area contributed by atoms with E-state index >= 15 is 0 Å². The van der Waals surface area contributed by atoms with Gasteiger partial charge < -0.3 is 26.2 Å². The van der Waals surface area contributed by atoms with Crippen molar-refractivity contribution in [2.24, 2.45) is 0 Å². The van der Waals surface area contributed by atoms with E-state index in [0.29, 0.717) is 17.5 Å². The summed E-state index contributed by atoms with van der Waals surface area (Å²) in [6.45, 7) is 0.810. The minimum Gasteiger partial charge on any atom is -0.379 e. The normalized spacial score (nSPS) is 21.3. The SMILES string of the molecule is O=C(Nc1ccncc1F)c1cnc2c(NC3CC3)cc(NC3CCC(NC(=O)N4CCSC4)CC3)nn12. The third-order valence-electron chi connectivity index (χ3n) is 7.10. The summed E-state index contributed by atoms with van der Waals surface area (Å²) in [5.74, 6) is 1.26. The number of amides is 3. The maximum Gasteiger partial charge on any atom is 0.318 e. The highest BCUT2D eigenvalue weighted by atomic mass is 32.2. The number of hydrogen-bond acceptors (Lipinski definition) is 8. The second-order valence-corrected chi connectivity index (χ2v) is 11.1. The number of urea groups is 1. The van der Waals surface area contributed by atoms with Crippen LogP contribution in [-0.4, -0.2) is 72.7 Å². The number of carbonyl (C=O) groups is 2. The maximum absolute atomic E-state index is 14.1. The second-order valence-electron chi connectivity index (χ2n) is 9.99. The molecular formula is C25H30FN9O2S. The van der Waals surface area contributed by atoms with E-state index in [0.717, 1.165) is 68.6 Å². The number of anilines is 3. The number of thioether (sulfide) groups is 1. The molecule has 4 N–H and O–H groups in total. The fourth-order valence-corrected chi connectivity index (χ4v) is 5.79. The Morgan fingerprint density at radius 1 is 1.00 bits per heavy atom. The number of nitrogens with one attached hydrogen (secondary N) is 4. The molecule has 0 spiro atoms. The Labute approximate surface area is 223 Å². The molecule has 1 aliphatic heterocycles. The highest BCUT2D eigenvalue weighted by molar-refractivity contribution is 7.99. The molecular weight excluding hydrogens is 509 g/mol. The molecule has 2 aliphatic carbocycles. The first-order chi connectivity index (χ1) is 18.5. The Bertz CT molecular complexity index is 1330. The van der Waals surface area contributed by atoms with Crippen molar-refractivity contribution in [3.05, 3.63) is 42.2 Å². The first-order valence-electron chi connectivity index (χ1n) is 13.0.